The van der Waals surface area contributed by atoms with Gasteiger partial charge in [-0.1, -0.05) is 12.1 Å². The molecule has 132 valence electrons. The van der Waals surface area contributed by atoms with Crippen LogP contribution in [0.1, 0.15) is 23.6 Å². The molecule has 0 unspecified atom stereocenters. The van der Waals surface area contributed by atoms with Crippen molar-refractivity contribution in [3.05, 3.63) is 41.7 Å². The Labute approximate surface area is 144 Å². The smallest absolute Gasteiger partial charge is 0.303 e. The molecule has 1 fully saturated rings. The van der Waals surface area contributed by atoms with E-state index in [1.54, 1.807) is 18.2 Å². The number of likely N-dealkylation sites (tertiary alicyclic amines) is 1. The third-order valence-corrected chi connectivity index (χ3v) is 4.53. The summed E-state index contributed by atoms with van der Waals surface area (Å²) in [5.74, 6) is -0.493. The van der Waals surface area contributed by atoms with E-state index in [0.29, 0.717) is 24.5 Å². The Bertz CT molecular complexity index is 747. The maximum absolute atomic E-state index is 12.7. The van der Waals surface area contributed by atoms with Crippen molar-refractivity contribution in [2.24, 2.45) is 5.92 Å². The topological polar surface area (TPSA) is 108 Å². The molecule has 1 aromatic heterocycles. The second-order valence-corrected chi connectivity index (χ2v) is 6.19. The average molecular weight is 344 g/mol. The molecule has 3 rings (SSSR count). The number of carboxylic acids is 1. The molecule has 2 aromatic rings. The number of aliphatic carboxylic acids is 1. The number of nitrogens with zero attached hydrogens (tertiary/aromatic N) is 3. The first-order valence-electron chi connectivity index (χ1n) is 8.05. The number of rotatable bonds is 6. The highest BCUT2D eigenvalue weighted by Crippen LogP contribution is 2.33. The minimum absolute atomic E-state index is 0.000463. The summed E-state index contributed by atoms with van der Waals surface area (Å²) in [6, 6.07) is 7.38. The summed E-state index contributed by atoms with van der Waals surface area (Å²) in [5, 5.41) is 19.6. The predicted molar refractivity (Wildman–Crippen MR) is 88.1 cm³/mol. The molecule has 1 amide bonds. The molecule has 1 saturated heterocycles. The lowest BCUT2D eigenvalue weighted by Gasteiger charge is -2.16. The molecule has 1 aliphatic heterocycles. The van der Waals surface area contributed by atoms with E-state index in [0.717, 1.165) is 5.56 Å². The molecule has 0 spiro atoms. The third kappa shape index (κ3) is 3.96. The summed E-state index contributed by atoms with van der Waals surface area (Å²) in [7, 11) is 1.58. The van der Waals surface area contributed by atoms with E-state index in [-0.39, 0.29) is 30.6 Å². The van der Waals surface area contributed by atoms with Gasteiger partial charge in [0.25, 0.3) is 0 Å². The number of H-pyrrole nitrogens is 1. The van der Waals surface area contributed by atoms with Crippen molar-refractivity contribution in [3.63, 3.8) is 0 Å². The van der Waals surface area contributed by atoms with Gasteiger partial charge in [-0.3, -0.25) is 9.59 Å². The maximum Gasteiger partial charge on any atom is 0.303 e. The van der Waals surface area contributed by atoms with Crippen LogP contribution in [0.5, 0.6) is 5.75 Å². The molecular weight excluding hydrogens is 324 g/mol. The number of carboxylic acid groups (broad SMARTS) is 1. The molecule has 2 N–H and O–H groups in total. The molecule has 2 atom stereocenters. The molecule has 1 aromatic carbocycles. The molecule has 1 aliphatic rings. The molecule has 0 bridgehead atoms. The maximum atomic E-state index is 12.7. The SMILES string of the molecule is COc1cccc(CC(=O)N2C[C@@H](CC(=O)O)[C@@H](c3cn[nH]n3)C2)c1. The lowest BCUT2D eigenvalue weighted by Crippen LogP contribution is -2.30. The van der Waals surface area contributed by atoms with Crippen molar-refractivity contribution >= 4 is 11.9 Å². The van der Waals surface area contributed by atoms with Crippen LogP contribution >= 0.6 is 0 Å². The molecule has 8 nitrogen and oxygen atoms in total. The zero-order valence-electron chi connectivity index (χ0n) is 13.9. The Morgan fingerprint density at radius 2 is 2.24 bits per heavy atom. The van der Waals surface area contributed by atoms with Crippen LogP contribution in [0, 0.1) is 5.92 Å². The van der Waals surface area contributed by atoms with Gasteiger partial charge in [0.2, 0.25) is 5.91 Å². The fourth-order valence-electron chi connectivity index (χ4n) is 3.30. The van der Waals surface area contributed by atoms with Crippen LogP contribution in [0.4, 0.5) is 0 Å². The second-order valence-electron chi connectivity index (χ2n) is 6.19. The van der Waals surface area contributed by atoms with Crippen molar-refractivity contribution in [1.82, 2.24) is 20.3 Å². The van der Waals surface area contributed by atoms with Gasteiger partial charge in [0.1, 0.15) is 5.75 Å². The van der Waals surface area contributed by atoms with E-state index in [4.69, 9.17) is 9.84 Å². The van der Waals surface area contributed by atoms with Gasteiger partial charge in [-0.05, 0) is 23.6 Å². The number of carbonyl (C=O) groups is 2. The number of hydrogen-bond donors (Lipinski definition) is 2. The van der Waals surface area contributed by atoms with E-state index in [1.807, 2.05) is 24.3 Å². The molecule has 8 heteroatoms. The van der Waals surface area contributed by atoms with Gasteiger partial charge < -0.3 is 14.7 Å². The lowest BCUT2D eigenvalue weighted by molar-refractivity contribution is -0.138. The Morgan fingerprint density at radius 3 is 2.92 bits per heavy atom. The summed E-state index contributed by atoms with van der Waals surface area (Å²) in [6.45, 7) is 0.861. The first kappa shape index (κ1) is 16.9. The van der Waals surface area contributed by atoms with Crippen molar-refractivity contribution < 1.29 is 19.4 Å². The number of amides is 1. The van der Waals surface area contributed by atoms with Crippen LogP contribution in [-0.2, 0) is 16.0 Å². The lowest BCUT2D eigenvalue weighted by atomic mass is 9.91. The fraction of sp³-hybridized carbons (Fsp3) is 0.412. The van der Waals surface area contributed by atoms with Crippen LogP contribution in [0.3, 0.4) is 0 Å². The summed E-state index contributed by atoms with van der Waals surface area (Å²) in [5.41, 5.74) is 1.56. The number of benzene rings is 1. The first-order chi connectivity index (χ1) is 12.1. The van der Waals surface area contributed by atoms with E-state index in [9.17, 15) is 9.59 Å². The minimum Gasteiger partial charge on any atom is -0.497 e. The highest BCUT2D eigenvalue weighted by atomic mass is 16.5. The Kier molecular flexibility index (Phi) is 4.97. The standard InChI is InChI=1S/C17H20N4O4/c1-25-13-4-2-3-11(5-13)6-16(22)21-9-12(7-17(23)24)14(10-21)15-8-18-20-19-15/h2-5,8,12,14H,6-7,9-10H2,1H3,(H,23,24)(H,18,19,20)/t12-,14+/m1/s1. The summed E-state index contributed by atoms with van der Waals surface area (Å²) in [4.78, 5) is 25.5. The summed E-state index contributed by atoms with van der Waals surface area (Å²) < 4.78 is 5.18. The van der Waals surface area contributed by atoms with Gasteiger partial charge in [0.15, 0.2) is 0 Å². The monoisotopic (exact) mass is 344 g/mol. The zero-order valence-corrected chi connectivity index (χ0v) is 13.9. The van der Waals surface area contributed by atoms with Crippen molar-refractivity contribution in [2.45, 2.75) is 18.8 Å². The second kappa shape index (κ2) is 7.33. The largest absolute Gasteiger partial charge is 0.497 e. The van der Waals surface area contributed by atoms with E-state index in [1.165, 1.54) is 0 Å². The van der Waals surface area contributed by atoms with Crippen molar-refractivity contribution in [1.29, 1.82) is 0 Å². The summed E-state index contributed by atoms with van der Waals surface area (Å²) in [6.07, 6.45) is 1.85. The van der Waals surface area contributed by atoms with Crippen molar-refractivity contribution in [3.8, 4) is 5.75 Å². The quantitative estimate of drug-likeness (QED) is 0.811. The molecular formula is C17H20N4O4. The van der Waals surface area contributed by atoms with Gasteiger partial charge in [-0.25, -0.2) is 0 Å². The van der Waals surface area contributed by atoms with Crippen LogP contribution in [0.2, 0.25) is 0 Å². The number of carbonyl (C=O) groups excluding carboxylic acids is 1. The van der Waals surface area contributed by atoms with Crippen LogP contribution in [0.15, 0.2) is 30.5 Å². The van der Waals surface area contributed by atoms with Gasteiger partial charge in [-0.2, -0.15) is 15.4 Å². The Morgan fingerprint density at radius 1 is 1.40 bits per heavy atom. The normalized spacial score (nSPS) is 19.8. The van der Waals surface area contributed by atoms with Gasteiger partial charge in [0.05, 0.1) is 31.8 Å². The summed E-state index contributed by atoms with van der Waals surface area (Å²) >= 11 is 0. The molecule has 0 aliphatic carbocycles. The van der Waals surface area contributed by atoms with E-state index in [2.05, 4.69) is 15.4 Å². The zero-order chi connectivity index (χ0) is 17.8. The highest BCUT2D eigenvalue weighted by molar-refractivity contribution is 5.79. The molecule has 0 radical (unpaired) electrons. The van der Waals surface area contributed by atoms with Crippen LogP contribution < -0.4 is 4.74 Å². The molecule has 25 heavy (non-hydrogen) atoms. The number of ether oxygens (including phenoxy) is 1. The predicted octanol–water partition coefficient (Wildman–Crippen LogP) is 1.07. The van der Waals surface area contributed by atoms with Gasteiger partial charge in [0, 0.05) is 19.0 Å². The number of methoxy groups -OCH3 is 1. The van der Waals surface area contributed by atoms with Crippen LogP contribution in [-0.4, -0.2) is 57.5 Å². The number of aromatic nitrogens is 3. The highest BCUT2D eigenvalue weighted by Gasteiger charge is 2.38. The minimum atomic E-state index is -0.874. The third-order valence-electron chi connectivity index (χ3n) is 4.53. The number of aromatic amines is 1. The molecule has 0 saturated carbocycles. The first-order valence-corrected chi connectivity index (χ1v) is 8.05. The Hall–Kier alpha value is -2.90. The number of nitrogens with one attached hydrogen (secondary N) is 1. The average Bonchev–Trinajstić information content (AvgIpc) is 3.24. The van der Waals surface area contributed by atoms with Crippen LogP contribution in [0.25, 0.3) is 0 Å². The molecule has 2 heterocycles. The van der Waals surface area contributed by atoms with Gasteiger partial charge in [-0.15, -0.1) is 0 Å². The Balaban J connectivity index is 1.71. The van der Waals surface area contributed by atoms with E-state index < -0.39 is 5.97 Å². The van der Waals surface area contributed by atoms with Gasteiger partial charge >= 0.3 is 5.97 Å². The van der Waals surface area contributed by atoms with Crippen molar-refractivity contribution in [2.75, 3.05) is 20.2 Å². The fourth-order valence-corrected chi connectivity index (χ4v) is 3.30. The number of hydrogen-bond acceptors (Lipinski definition) is 5. The van der Waals surface area contributed by atoms with E-state index >= 15 is 0 Å².